The van der Waals surface area contributed by atoms with Gasteiger partial charge in [0.15, 0.2) is 0 Å². The molecule has 0 saturated carbocycles. The van der Waals surface area contributed by atoms with E-state index in [1.165, 1.54) is 0 Å². The smallest absolute Gasteiger partial charge is 0.109 e. The normalized spacial score (nSPS) is 12.8. The van der Waals surface area contributed by atoms with Crippen molar-refractivity contribution in [1.82, 2.24) is 0 Å². The van der Waals surface area contributed by atoms with Crippen molar-refractivity contribution in [3.05, 3.63) is 24.3 Å². The Balaban J connectivity index is 0.000000148. The van der Waals surface area contributed by atoms with E-state index < -0.39 is 11.6 Å². The Kier molecular flexibility index (Phi) is 9.14. The number of allylic oxidation sites excluding steroid dienone is 4. The molecule has 1 aliphatic rings. The molecular weight excluding hydrogens is 348 g/mol. The first-order valence-corrected chi connectivity index (χ1v) is 13.9. The molecule has 4 heteroatoms. The van der Waals surface area contributed by atoms with Crippen LogP contribution in [-0.4, -0.2) is 0 Å². The van der Waals surface area contributed by atoms with Gasteiger partial charge in [-0.2, -0.15) is 6.08 Å². The summed E-state index contributed by atoms with van der Waals surface area (Å²) in [6.45, 7) is 0. The molecule has 0 saturated heterocycles. The summed E-state index contributed by atoms with van der Waals surface area (Å²) in [5, 5.41) is 0. The van der Waals surface area contributed by atoms with Crippen LogP contribution in [0.5, 0.6) is 0 Å². The van der Waals surface area contributed by atoms with Gasteiger partial charge in [-0.1, -0.05) is 0 Å². The molecule has 0 N–H and O–H groups in total. The number of hydrogen-bond donors (Lipinski definition) is 0. The van der Waals surface area contributed by atoms with Crippen LogP contribution in [-0.2, 0) is 11.6 Å². The number of rotatable bonds is 0. The fraction of sp³-hybridized carbons (Fsp3) is 0.200. The van der Waals surface area contributed by atoms with Gasteiger partial charge in [-0.05, 0) is 0 Å². The summed E-state index contributed by atoms with van der Waals surface area (Å²) in [6.07, 6.45) is 10.0. The average Bonchev–Trinajstić information content (AvgIpc) is 2.11. The first kappa shape index (κ1) is 10.6. The third kappa shape index (κ3) is 12.8. The van der Waals surface area contributed by atoms with Crippen LogP contribution in [0.2, 0.25) is 0 Å². The maximum absolute atomic E-state index is 3.27. The molecule has 0 aliphatic heterocycles. The van der Waals surface area contributed by atoms with Crippen LogP contribution in [0, 0.1) is 6.08 Å². The second-order valence-corrected chi connectivity index (χ2v) is 24.9. The average molecular weight is 353 g/mol. The SMILES string of the molecule is [Br][Ti+]([Br])[Br].[C-]1=CC=CC1. The summed E-state index contributed by atoms with van der Waals surface area (Å²) in [5.74, 6) is 0. The Labute approximate surface area is 80.8 Å². The molecule has 1 aliphatic carbocycles. The van der Waals surface area contributed by atoms with Crippen molar-refractivity contribution in [3.63, 3.8) is 0 Å². The maximum Gasteiger partial charge on any atom is -0.109 e. The van der Waals surface area contributed by atoms with Crippen molar-refractivity contribution >= 4 is 39.5 Å². The molecule has 0 unspecified atom stereocenters. The van der Waals surface area contributed by atoms with E-state index in [4.69, 9.17) is 0 Å². The van der Waals surface area contributed by atoms with E-state index >= 15 is 0 Å². The van der Waals surface area contributed by atoms with Crippen LogP contribution in [0.1, 0.15) is 6.42 Å². The summed E-state index contributed by atoms with van der Waals surface area (Å²) < 4.78 is 0. The predicted octanol–water partition coefficient (Wildman–Crippen LogP) is 3.84. The molecule has 0 aromatic carbocycles. The minimum absolute atomic E-state index is 0.896. The summed E-state index contributed by atoms with van der Waals surface area (Å²) in [5.41, 5.74) is 0. The molecule has 1 rings (SSSR count). The summed E-state index contributed by atoms with van der Waals surface area (Å²) in [7, 11) is 0. The maximum atomic E-state index is 3.27. The largest absolute Gasteiger partial charge is 0.273 e. The number of halogens is 3. The van der Waals surface area contributed by atoms with Gasteiger partial charge in [0.05, 0.1) is 0 Å². The molecule has 0 radical (unpaired) electrons. The quantitative estimate of drug-likeness (QED) is 0.459. The molecule has 0 bridgehead atoms. The van der Waals surface area contributed by atoms with Crippen LogP contribution in [0.3, 0.4) is 0 Å². The van der Waals surface area contributed by atoms with E-state index in [-0.39, 0.29) is 0 Å². The van der Waals surface area contributed by atoms with Gasteiger partial charge in [-0.15, -0.1) is 6.42 Å². The molecule has 0 nitrogen and oxygen atoms in total. The third-order valence-electron chi connectivity index (χ3n) is 0.586. The van der Waals surface area contributed by atoms with Crippen molar-refractivity contribution < 1.29 is 11.6 Å². The van der Waals surface area contributed by atoms with Crippen LogP contribution in [0.15, 0.2) is 18.2 Å². The van der Waals surface area contributed by atoms with E-state index in [1.54, 1.807) is 0 Å². The fourth-order valence-corrected chi connectivity index (χ4v) is 0.340. The molecule has 0 atom stereocenters. The van der Waals surface area contributed by atoms with Crippen molar-refractivity contribution in [2.45, 2.75) is 6.42 Å². The molecule has 50 valence electrons. The van der Waals surface area contributed by atoms with Gasteiger partial charge in [0, 0.05) is 0 Å². The monoisotopic (exact) mass is 350 g/mol. The molecule has 0 aromatic rings. The Morgan fingerprint density at radius 3 is 2.00 bits per heavy atom. The minimum atomic E-state index is -0.896. The van der Waals surface area contributed by atoms with Crippen molar-refractivity contribution in [2.24, 2.45) is 0 Å². The van der Waals surface area contributed by atoms with Crippen LogP contribution >= 0.6 is 39.5 Å². The summed E-state index contributed by atoms with van der Waals surface area (Å²) in [4.78, 5) is 0. The molecule has 0 spiro atoms. The standard InChI is InChI=1S/C5H5.3BrH.Ti/c1-2-4-5-3-1;;;;/h1-3H,4H2;3*1H;/q-1;;;;+4/p-3. The van der Waals surface area contributed by atoms with Crippen LogP contribution in [0.4, 0.5) is 0 Å². The third-order valence-corrected chi connectivity index (χ3v) is 0.586. The van der Waals surface area contributed by atoms with Crippen molar-refractivity contribution in [2.75, 3.05) is 0 Å². The first-order valence-electron chi connectivity index (χ1n) is 2.28. The van der Waals surface area contributed by atoms with Gasteiger partial charge in [0.2, 0.25) is 0 Å². The Hall–Kier alpha value is 1.63. The molecular formula is C5H5Br3Ti. The first-order chi connectivity index (χ1) is 4.23. The van der Waals surface area contributed by atoms with Gasteiger partial charge < -0.3 is 0 Å². The van der Waals surface area contributed by atoms with Crippen molar-refractivity contribution in [3.8, 4) is 0 Å². The summed E-state index contributed by atoms with van der Waals surface area (Å²) in [6, 6.07) is 0. The minimum Gasteiger partial charge on any atom is -0.273 e. The zero-order valence-corrected chi connectivity index (χ0v) is 10.9. The Morgan fingerprint density at radius 1 is 1.33 bits per heavy atom. The Morgan fingerprint density at radius 2 is 1.89 bits per heavy atom. The van der Waals surface area contributed by atoms with E-state index in [0.29, 0.717) is 0 Å². The van der Waals surface area contributed by atoms with E-state index in [1.807, 2.05) is 12.2 Å². The number of hydrogen-bond acceptors (Lipinski definition) is 0. The van der Waals surface area contributed by atoms with Gasteiger partial charge in [0.25, 0.3) is 0 Å². The zero-order valence-electron chi connectivity index (χ0n) is 4.57. The molecule has 9 heavy (non-hydrogen) atoms. The molecule has 0 fully saturated rings. The predicted molar refractivity (Wildman–Crippen MR) is 48.4 cm³/mol. The molecule has 0 amide bonds. The van der Waals surface area contributed by atoms with Crippen LogP contribution in [0.25, 0.3) is 0 Å². The van der Waals surface area contributed by atoms with Crippen LogP contribution < -0.4 is 0 Å². The van der Waals surface area contributed by atoms with Crippen molar-refractivity contribution in [1.29, 1.82) is 0 Å². The fourth-order valence-electron chi connectivity index (χ4n) is 0.340. The molecule has 0 aromatic heterocycles. The van der Waals surface area contributed by atoms with E-state index in [9.17, 15) is 0 Å². The van der Waals surface area contributed by atoms with Gasteiger partial charge in [-0.25, -0.2) is 12.2 Å². The Bertz CT molecular complexity index is 96.0. The zero-order chi connectivity index (χ0) is 7.11. The van der Waals surface area contributed by atoms with Gasteiger partial charge in [0.1, 0.15) is 0 Å². The molecule has 0 heterocycles. The second-order valence-electron chi connectivity index (χ2n) is 1.22. The van der Waals surface area contributed by atoms with Gasteiger partial charge >= 0.3 is 51.1 Å². The van der Waals surface area contributed by atoms with E-state index in [0.717, 1.165) is 6.42 Å². The second kappa shape index (κ2) is 7.74. The van der Waals surface area contributed by atoms with E-state index in [2.05, 4.69) is 51.6 Å². The summed E-state index contributed by atoms with van der Waals surface area (Å²) >= 11 is 8.92. The topological polar surface area (TPSA) is 0 Å². The van der Waals surface area contributed by atoms with Gasteiger partial charge in [-0.3, -0.25) is 6.08 Å².